The second kappa shape index (κ2) is 24.0. The summed E-state index contributed by atoms with van der Waals surface area (Å²) >= 11 is 0. The summed E-state index contributed by atoms with van der Waals surface area (Å²) in [5, 5.41) is 58.2. The summed E-state index contributed by atoms with van der Waals surface area (Å²) in [6.45, 7) is -1.05. The fourth-order valence-electron chi connectivity index (χ4n) is 6.01. The summed E-state index contributed by atoms with van der Waals surface area (Å²) in [5.74, 6) is -5.50. The van der Waals surface area contributed by atoms with E-state index in [2.05, 4.69) is 10.6 Å². The van der Waals surface area contributed by atoms with Gasteiger partial charge < -0.3 is 51.0 Å². The molecule has 1 aromatic rings. The molecule has 2 rings (SSSR count). The molecule has 1 saturated heterocycles. The van der Waals surface area contributed by atoms with Crippen molar-refractivity contribution in [3.05, 3.63) is 35.4 Å². The molecule has 9 N–H and O–H groups in total. The van der Waals surface area contributed by atoms with Crippen molar-refractivity contribution in [2.75, 3.05) is 85.3 Å². The molecule has 0 atom stereocenters. The molecule has 1 radical (unpaired) electrons. The minimum Gasteiger partial charge on any atom is -0.485 e. The van der Waals surface area contributed by atoms with Gasteiger partial charge >= 0.3 is 23.9 Å². The van der Waals surface area contributed by atoms with Gasteiger partial charge in [-0.25, -0.2) is 0 Å². The molecule has 1 heterocycles. The number of amides is 2. The number of hydrogen-bond acceptors (Lipinski definition) is 13. The Morgan fingerprint density at radius 1 is 0.741 bits per heavy atom. The first-order valence-corrected chi connectivity index (χ1v) is 19.0. The average molecular weight is 784 g/mol. The smallest absolute Gasteiger partial charge is 0.317 e. The number of nitrogens with zero attached hydrogens (tertiary/aromatic N) is 3. The summed E-state index contributed by atoms with van der Waals surface area (Å²) in [6, 6.07) is 7.42. The molecule has 2 amide bonds. The molecule has 0 aliphatic carbocycles. The number of nitrogens with one attached hydrogen (secondary N) is 2. The number of ether oxygens (including phenoxy) is 2. The number of nitrogens with two attached hydrogens (primary N) is 1. The fraction of sp³-hybridized carbons (Fsp3) is 0.606. The lowest BCUT2D eigenvalue weighted by molar-refractivity contribution is -0.148. The third kappa shape index (κ3) is 18.5. The van der Waals surface area contributed by atoms with Crippen molar-refractivity contribution in [2.24, 2.45) is 5.40 Å². The van der Waals surface area contributed by atoms with Crippen LogP contribution in [0.15, 0.2) is 24.3 Å². The van der Waals surface area contributed by atoms with Crippen LogP contribution in [0.1, 0.15) is 36.8 Å². The van der Waals surface area contributed by atoms with Crippen molar-refractivity contribution >= 4 is 50.2 Å². The maximum absolute atomic E-state index is 12.5. The number of carboxylic acid groups (broad SMARTS) is 5. The largest absolute Gasteiger partial charge is 0.485 e. The van der Waals surface area contributed by atoms with Gasteiger partial charge in [-0.05, 0) is 30.0 Å². The molecular formula is C33H51N6O14Si. The zero-order valence-electron chi connectivity index (χ0n) is 30.1. The molecule has 54 heavy (non-hydrogen) atoms. The van der Waals surface area contributed by atoms with E-state index < -0.39 is 70.1 Å². The van der Waals surface area contributed by atoms with E-state index >= 15 is 0 Å². The van der Waals surface area contributed by atoms with E-state index in [1.54, 1.807) is 34.1 Å². The van der Waals surface area contributed by atoms with Gasteiger partial charge in [0.2, 0.25) is 11.8 Å². The first-order valence-electron chi connectivity index (χ1n) is 17.3. The van der Waals surface area contributed by atoms with Crippen LogP contribution in [0.4, 0.5) is 4.79 Å². The standard InChI is InChI=1S/C33H51N6O14Si/c34-54(32(50)51)21-25-6-4-24(5-7-25)15-36-27(41)20-53-14-13-52-12-9-35-26(40)3-1-2-8-33(39(18-30(46)47)19-31(48)49)22-37(16-28(42)43)10-11-38(23-33)17-29(44)45/h4-7H,1-3,8-23,34H2,(H,35,40)(H,36,41)(H,42,43)(H,44,45)(H,46,47)(H,48,49)(H,50,51). The number of carbonyl (C=O) groups is 7. The van der Waals surface area contributed by atoms with Gasteiger partial charge in [0.15, 0.2) is 0 Å². The summed E-state index contributed by atoms with van der Waals surface area (Å²) < 4.78 is 10.7. The van der Waals surface area contributed by atoms with E-state index in [0.29, 0.717) is 18.9 Å². The molecule has 20 nitrogen and oxygen atoms in total. The molecule has 0 spiro atoms. The Morgan fingerprint density at radius 3 is 1.83 bits per heavy atom. The predicted octanol–water partition coefficient (Wildman–Crippen LogP) is -1.70. The average Bonchev–Trinajstić information content (AvgIpc) is 3.25. The highest BCUT2D eigenvalue weighted by atomic mass is 28.3. The minimum atomic E-state index is -2.00. The quantitative estimate of drug-likeness (QED) is 0.0364. The van der Waals surface area contributed by atoms with Crippen LogP contribution in [0.2, 0.25) is 0 Å². The van der Waals surface area contributed by atoms with Crippen LogP contribution in [0.5, 0.6) is 0 Å². The SMILES string of the molecule is N[Si](Cc1ccc(CNC(=O)COCCOCCNC(=O)CCCCC2(N(CC(=O)O)CC(=O)O)CN(CC(=O)O)CCN(CC(=O)O)C2)cc1)C(=O)O. The summed E-state index contributed by atoms with van der Waals surface area (Å²) in [7, 11) is -2.00. The third-order valence-electron chi connectivity index (χ3n) is 8.46. The molecule has 0 saturated carbocycles. The maximum atomic E-state index is 12.5. The lowest BCUT2D eigenvalue weighted by atomic mass is 9.88. The Labute approximate surface area is 313 Å². The number of hydrogen-bond donors (Lipinski definition) is 8. The van der Waals surface area contributed by atoms with Crippen molar-refractivity contribution in [3.8, 4) is 0 Å². The summed E-state index contributed by atoms with van der Waals surface area (Å²) in [6.07, 6.45) is 0.940. The lowest BCUT2D eigenvalue weighted by Gasteiger charge is -2.45. The molecule has 1 fully saturated rings. The second-order valence-electron chi connectivity index (χ2n) is 12.9. The van der Waals surface area contributed by atoms with Crippen LogP contribution in [0.25, 0.3) is 0 Å². The van der Waals surface area contributed by atoms with Gasteiger partial charge in [0.1, 0.15) is 6.61 Å². The molecule has 0 bridgehead atoms. The number of aliphatic carboxylic acids is 4. The van der Waals surface area contributed by atoms with Gasteiger partial charge in [-0.3, -0.25) is 48.3 Å². The van der Waals surface area contributed by atoms with E-state index in [9.17, 15) is 54.0 Å². The van der Waals surface area contributed by atoms with Crippen LogP contribution < -0.4 is 16.0 Å². The normalized spacial score (nSPS) is 14.7. The minimum absolute atomic E-state index is 0.0158. The Balaban J connectivity index is 1.75. The van der Waals surface area contributed by atoms with Gasteiger partial charge in [-0.15, -0.1) is 0 Å². The van der Waals surface area contributed by atoms with E-state index in [4.69, 9.17) is 20.0 Å². The van der Waals surface area contributed by atoms with E-state index in [0.717, 1.165) is 11.1 Å². The van der Waals surface area contributed by atoms with E-state index in [1.807, 2.05) is 0 Å². The molecule has 21 heteroatoms. The van der Waals surface area contributed by atoms with Crippen LogP contribution in [0.3, 0.4) is 0 Å². The van der Waals surface area contributed by atoms with Crippen molar-refractivity contribution in [3.63, 3.8) is 0 Å². The lowest BCUT2D eigenvalue weighted by Crippen LogP contribution is -2.62. The molecular weight excluding hydrogens is 732 g/mol. The van der Waals surface area contributed by atoms with E-state index in [1.165, 1.54) is 4.90 Å². The van der Waals surface area contributed by atoms with Crippen molar-refractivity contribution < 1.29 is 68.6 Å². The number of carboxylic acids is 4. The zero-order chi connectivity index (χ0) is 40.1. The first-order chi connectivity index (χ1) is 25.6. The molecule has 1 aliphatic heterocycles. The highest BCUT2D eigenvalue weighted by Gasteiger charge is 2.43. The number of rotatable bonds is 27. The molecule has 0 aromatic heterocycles. The van der Waals surface area contributed by atoms with Crippen molar-refractivity contribution in [1.29, 1.82) is 0 Å². The van der Waals surface area contributed by atoms with Crippen molar-refractivity contribution in [2.45, 2.75) is 43.8 Å². The highest BCUT2D eigenvalue weighted by molar-refractivity contribution is 6.85. The van der Waals surface area contributed by atoms with Gasteiger partial charge in [0.25, 0.3) is 14.6 Å². The topological polar surface area (TPSA) is 299 Å². The van der Waals surface area contributed by atoms with Gasteiger partial charge in [0, 0.05) is 51.2 Å². The first kappa shape index (κ1) is 45.6. The van der Waals surface area contributed by atoms with Crippen LogP contribution >= 0.6 is 0 Å². The van der Waals surface area contributed by atoms with Crippen LogP contribution in [0, 0.1) is 0 Å². The second-order valence-corrected chi connectivity index (χ2v) is 14.7. The van der Waals surface area contributed by atoms with Gasteiger partial charge in [-0.2, -0.15) is 0 Å². The molecule has 0 unspecified atom stereocenters. The maximum Gasteiger partial charge on any atom is 0.317 e. The monoisotopic (exact) mass is 783 g/mol. The number of benzene rings is 1. The summed E-state index contributed by atoms with van der Waals surface area (Å²) in [4.78, 5) is 86.5. The number of carbonyl (C=O) groups excluding carboxylic acids is 2. The van der Waals surface area contributed by atoms with Gasteiger partial charge in [-0.1, -0.05) is 30.7 Å². The van der Waals surface area contributed by atoms with Crippen LogP contribution in [-0.4, -0.2) is 181 Å². The zero-order valence-corrected chi connectivity index (χ0v) is 31.1. The Bertz CT molecular complexity index is 1380. The Kier molecular flexibility index (Phi) is 20.3. The third-order valence-corrected chi connectivity index (χ3v) is 9.80. The Hall–Kier alpha value is -4.51. The predicted molar refractivity (Wildman–Crippen MR) is 191 cm³/mol. The van der Waals surface area contributed by atoms with Crippen LogP contribution in [-0.2, 0) is 50.8 Å². The Morgan fingerprint density at radius 2 is 1.30 bits per heavy atom. The molecule has 1 aliphatic rings. The molecule has 1 aromatic carbocycles. The van der Waals surface area contributed by atoms with Gasteiger partial charge in [0.05, 0.1) is 46.0 Å². The molecule has 301 valence electrons. The van der Waals surface area contributed by atoms with Crippen molar-refractivity contribution in [1.82, 2.24) is 25.3 Å². The van der Waals surface area contributed by atoms with E-state index in [-0.39, 0.29) is 90.4 Å². The number of unbranched alkanes of at least 4 members (excludes halogenated alkanes) is 1. The highest BCUT2D eigenvalue weighted by Crippen LogP contribution is 2.28. The summed E-state index contributed by atoms with van der Waals surface area (Å²) in [5.41, 5.74) is -0.577. The fourth-order valence-corrected chi connectivity index (χ4v) is 6.83.